The number of nitrogens with one attached hydrogen (secondary N) is 2. The summed E-state index contributed by atoms with van der Waals surface area (Å²) >= 11 is 7.16. The van der Waals surface area contributed by atoms with Gasteiger partial charge < -0.3 is 24.8 Å². The van der Waals surface area contributed by atoms with E-state index in [1.165, 1.54) is 12.0 Å². The van der Waals surface area contributed by atoms with E-state index in [4.69, 9.17) is 11.6 Å². The molecule has 0 spiro atoms. The van der Waals surface area contributed by atoms with Crippen molar-refractivity contribution < 1.29 is 32.3 Å². The SMILES string of the molecule is COC(=O)[C@@H](C)NC(=O)N1CCN(C[C@@H]2CCCN2C(=O)CN2CCC[C@H](NS(=O)(=O)c3cc4cc(Cl)ccc4s3)C2=O)CC1. The molecule has 246 valence electrons. The molecule has 45 heavy (non-hydrogen) atoms. The van der Waals surface area contributed by atoms with E-state index in [9.17, 15) is 27.6 Å². The largest absolute Gasteiger partial charge is 0.467 e. The fourth-order valence-electron chi connectivity index (χ4n) is 6.13. The number of piperazine rings is 1. The minimum atomic E-state index is -3.95. The summed E-state index contributed by atoms with van der Waals surface area (Å²) in [7, 11) is -2.68. The number of hydrogen-bond donors (Lipinski definition) is 2. The second-order valence-electron chi connectivity index (χ2n) is 11.7. The quantitative estimate of drug-likeness (QED) is 0.380. The van der Waals surface area contributed by atoms with Crippen molar-refractivity contribution in [2.24, 2.45) is 0 Å². The number of fused-ring (bicyclic) bond motifs is 1. The Labute approximate surface area is 271 Å². The van der Waals surface area contributed by atoms with Gasteiger partial charge in [0.2, 0.25) is 11.8 Å². The number of rotatable bonds is 9. The van der Waals surface area contributed by atoms with Crippen molar-refractivity contribution in [3.8, 4) is 0 Å². The van der Waals surface area contributed by atoms with Crippen LogP contribution in [0, 0.1) is 0 Å². The predicted molar refractivity (Wildman–Crippen MR) is 170 cm³/mol. The first kappa shape index (κ1) is 33.4. The molecule has 3 aliphatic heterocycles. The molecule has 0 unspecified atom stereocenters. The third-order valence-corrected chi connectivity index (χ3v) is 11.9. The third-order valence-electron chi connectivity index (χ3n) is 8.60. The maximum Gasteiger partial charge on any atom is 0.328 e. The number of benzene rings is 1. The van der Waals surface area contributed by atoms with Gasteiger partial charge in [-0.15, -0.1) is 11.3 Å². The molecule has 2 aromatic rings. The summed E-state index contributed by atoms with van der Waals surface area (Å²) in [6.45, 7) is 5.40. The number of amides is 4. The minimum Gasteiger partial charge on any atom is -0.467 e. The molecule has 4 amide bonds. The fraction of sp³-hybridized carbons (Fsp3) is 0.586. The van der Waals surface area contributed by atoms with Crippen LogP contribution in [-0.2, 0) is 29.1 Å². The molecular weight excluding hydrogens is 644 g/mol. The Morgan fingerprint density at radius 1 is 1.07 bits per heavy atom. The number of sulfonamides is 1. The third kappa shape index (κ3) is 7.88. The zero-order chi connectivity index (χ0) is 32.3. The summed E-state index contributed by atoms with van der Waals surface area (Å²) in [5.74, 6) is -1.05. The molecule has 5 rings (SSSR count). The summed E-state index contributed by atoms with van der Waals surface area (Å²) in [4.78, 5) is 58.1. The van der Waals surface area contributed by atoms with Crippen LogP contribution in [0.1, 0.15) is 32.6 Å². The molecule has 3 fully saturated rings. The molecule has 16 heteroatoms. The molecule has 1 aromatic heterocycles. The highest BCUT2D eigenvalue weighted by Crippen LogP contribution is 2.31. The van der Waals surface area contributed by atoms with Gasteiger partial charge in [0.1, 0.15) is 16.3 Å². The van der Waals surface area contributed by atoms with Gasteiger partial charge in [-0.1, -0.05) is 11.6 Å². The number of ether oxygens (including phenoxy) is 1. The Balaban J connectivity index is 1.12. The molecule has 3 saturated heterocycles. The predicted octanol–water partition coefficient (Wildman–Crippen LogP) is 1.70. The number of nitrogens with zero attached hydrogens (tertiary/aromatic N) is 4. The number of hydrogen-bond acceptors (Lipinski definition) is 9. The molecule has 0 saturated carbocycles. The van der Waals surface area contributed by atoms with Crippen LogP contribution < -0.4 is 10.0 Å². The Bertz CT molecular complexity index is 1540. The van der Waals surface area contributed by atoms with Crippen LogP contribution in [0.2, 0.25) is 5.02 Å². The summed E-state index contributed by atoms with van der Waals surface area (Å²) in [5, 5.41) is 3.88. The van der Waals surface area contributed by atoms with Crippen LogP contribution in [0.15, 0.2) is 28.5 Å². The van der Waals surface area contributed by atoms with Crippen molar-refractivity contribution in [2.45, 2.75) is 54.9 Å². The van der Waals surface area contributed by atoms with Gasteiger partial charge in [-0.05, 0) is 62.3 Å². The number of piperidine rings is 1. The van der Waals surface area contributed by atoms with E-state index in [-0.39, 0.29) is 28.7 Å². The van der Waals surface area contributed by atoms with E-state index in [1.807, 2.05) is 4.90 Å². The van der Waals surface area contributed by atoms with Gasteiger partial charge in [0, 0.05) is 61.6 Å². The molecular formula is C29H39ClN6O7S2. The second-order valence-corrected chi connectivity index (χ2v) is 15.1. The number of thiophene rings is 1. The van der Waals surface area contributed by atoms with Crippen LogP contribution in [0.4, 0.5) is 4.79 Å². The molecule has 4 heterocycles. The average molecular weight is 683 g/mol. The van der Waals surface area contributed by atoms with Crippen molar-refractivity contribution in [1.82, 2.24) is 29.6 Å². The van der Waals surface area contributed by atoms with Crippen molar-refractivity contribution in [1.29, 1.82) is 0 Å². The molecule has 1 aromatic carbocycles. The summed E-state index contributed by atoms with van der Waals surface area (Å²) in [6.07, 6.45) is 2.64. The van der Waals surface area contributed by atoms with Crippen LogP contribution in [0.3, 0.4) is 0 Å². The first-order chi connectivity index (χ1) is 21.4. The Kier molecular flexibility index (Phi) is 10.5. The number of carbonyl (C=O) groups is 4. The standard InChI is InChI=1S/C29H39ClN6O7S2/c1-19(28(39)43-2)31-29(40)34-13-11-33(12-14-34)17-22-5-3-10-36(22)25(37)18-35-9-4-6-23(27(35)38)32-45(41,42)26-16-20-15-21(30)7-8-24(20)44-26/h7-8,15-16,19,22-23,32H,3-6,9-14,17-18H2,1-2H3,(H,31,40)/t19-,22+,23+/m1/s1. The van der Waals surface area contributed by atoms with Gasteiger partial charge in [-0.3, -0.25) is 14.5 Å². The van der Waals surface area contributed by atoms with E-state index in [2.05, 4.69) is 19.7 Å². The maximum absolute atomic E-state index is 13.4. The summed E-state index contributed by atoms with van der Waals surface area (Å²) in [5.41, 5.74) is 0. The number of carbonyl (C=O) groups excluding carboxylic acids is 4. The number of halogens is 1. The molecule has 3 atom stereocenters. The van der Waals surface area contributed by atoms with Crippen molar-refractivity contribution >= 4 is 66.9 Å². The number of methoxy groups -OCH3 is 1. The van der Waals surface area contributed by atoms with E-state index in [0.717, 1.165) is 28.9 Å². The number of esters is 1. The highest BCUT2D eigenvalue weighted by Gasteiger charge is 2.37. The highest BCUT2D eigenvalue weighted by molar-refractivity contribution is 7.91. The number of urea groups is 1. The van der Waals surface area contributed by atoms with Crippen molar-refractivity contribution in [3.63, 3.8) is 0 Å². The first-order valence-electron chi connectivity index (χ1n) is 15.1. The monoisotopic (exact) mass is 682 g/mol. The van der Waals surface area contributed by atoms with Gasteiger partial charge in [0.25, 0.3) is 10.0 Å². The summed E-state index contributed by atoms with van der Waals surface area (Å²) < 4.78 is 34.5. The van der Waals surface area contributed by atoms with E-state index in [0.29, 0.717) is 69.1 Å². The van der Waals surface area contributed by atoms with Crippen molar-refractivity contribution in [3.05, 3.63) is 29.3 Å². The lowest BCUT2D eigenvalue weighted by atomic mass is 10.1. The zero-order valence-corrected chi connectivity index (χ0v) is 27.8. The first-order valence-corrected chi connectivity index (χ1v) is 17.8. The second kappa shape index (κ2) is 14.2. The maximum atomic E-state index is 13.4. The van der Waals surface area contributed by atoms with Crippen LogP contribution in [-0.4, -0.2) is 129 Å². The lowest BCUT2D eigenvalue weighted by Gasteiger charge is -2.38. The van der Waals surface area contributed by atoms with Crippen molar-refractivity contribution in [2.75, 3.05) is 59.5 Å². The van der Waals surface area contributed by atoms with Crippen LogP contribution >= 0.6 is 22.9 Å². The lowest BCUT2D eigenvalue weighted by molar-refractivity contribution is -0.143. The summed E-state index contributed by atoms with van der Waals surface area (Å²) in [6, 6.07) is 4.72. The van der Waals surface area contributed by atoms with Crippen LogP contribution in [0.25, 0.3) is 10.1 Å². The van der Waals surface area contributed by atoms with E-state index >= 15 is 0 Å². The Morgan fingerprint density at radius 2 is 1.80 bits per heavy atom. The molecule has 3 aliphatic rings. The number of likely N-dealkylation sites (tertiary alicyclic amines) is 2. The van der Waals surface area contributed by atoms with E-state index in [1.54, 1.807) is 36.1 Å². The van der Waals surface area contributed by atoms with Gasteiger partial charge in [-0.2, -0.15) is 4.72 Å². The molecule has 0 aliphatic carbocycles. The normalized spacial score (nSPS) is 22.1. The van der Waals surface area contributed by atoms with Gasteiger partial charge in [-0.25, -0.2) is 18.0 Å². The average Bonchev–Trinajstić information content (AvgIpc) is 3.66. The molecule has 13 nitrogen and oxygen atoms in total. The fourth-order valence-corrected chi connectivity index (χ4v) is 8.92. The topological polar surface area (TPSA) is 149 Å². The zero-order valence-electron chi connectivity index (χ0n) is 25.4. The van der Waals surface area contributed by atoms with Crippen LogP contribution in [0.5, 0.6) is 0 Å². The van der Waals surface area contributed by atoms with Gasteiger partial charge in [0.05, 0.1) is 13.7 Å². The highest BCUT2D eigenvalue weighted by atomic mass is 35.5. The minimum absolute atomic E-state index is 0.00659. The smallest absolute Gasteiger partial charge is 0.328 e. The Hall–Kier alpha value is -2.98. The molecule has 0 radical (unpaired) electrons. The molecule has 2 N–H and O–H groups in total. The van der Waals surface area contributed by atoms with E-state index < -0.39 is 34.0 Å². The Morgan fingerprint density at radius 3 is 2.53 bits per heavy atom. The van der Waals surface area contributed by atoms with Gasteiger partial charge >= 0.3 is 12.0 Å². The lowest BCUT2D eigenvalue weighted by Crippen LogP contribution is -2.57. The van der Waals surface area contributed by atoms with Gasteiger partial charge in [0.15, 0.2) is 0 Å². The molecule has 0 bridgehead atoms.